The molecule has 0 amide bonds. The van der Waals surface area contributed by atoms with Gasteiger partial charge in [-0.05, 0) is 25.5 Å². The van der Waals surface area contributed by atoms with Crippen molar-refractivity contribution in [3.63, 3.8) is 0 Å². The molecule has 0 fully saturated rings. The average Bonchev–Trinajstić information content (AvgIpc) is 2.40. The molecule has 0 saturated carbocycles. The molecule has 0 heterocycles. The number of ether oxygens (including phenoxy) is 2. The minimum absolute atomic E-state index is 0.369. The number of thiol groups is 1. The quantitative estimate of drug-likeness (QED) is 0.190. The van der Waals surface area contributed by atoms with Crippen LogP contribution >= 0.6 is 12.6 Å². The van der Waals surface area contributed by atoms with E-state index in [9.17, 15) is 10.2 Å². The maximum absolute atomic E-state index is 9.57. The number of unbranched alkanes of at least 4 members (excludes halogenated alkanes) is 2. The lowest BCUT2D eigenvalue weighted by Gasteiger charge is -2.28. The van der Waals surface area contributed by atoms with E-state index in [1.807, 2.05) is 0 Å². The van der Waals surface area contributed by atoms with E-state index in [4.69, 9.17) is 19.7 Å². The molecule has 4 atom stereocenters. The van der Waals surface area contributed by atoms with Crippen LogP contribution in [0.25, 0.3) is 0 Å². The summed E-state index contributed by atoms with van der Waals surface area (Å²) < 4.78 is 10.6. The molecule has 0 aliphatic rings. The van der Waals surface area contributed by atoms with E-state index in [0.717, 1.165) is 25.0 Å². The van der Waals surface area contributed by atoms with E-state index >= 15 is 0 Å². The molecule has 6 nitrogen and oxygen atoms in total. The highest BCUT2D eigenvalue weighted by Crippen LogP contribution is 2.10. The summed E-state index contributed by atoms with van der Waals surface area (Å²) in [6, 6.07) is 0. The van der Waals surface area contributed by atoms with Crippen LogP contribution in [0.4, 0.5) is 0 Å². The van der Waals surface area contributed by atoms with E-state index in [-0.39, 0.29) is 0 Å². The first-order valence-electron chi connectivity index (χ1n) is 6.52. The molecule has 2 unspecified atom stereocenters. The first-order valence-corrected chi connectivity index (χ1v) is 7.15. The lowest BCUT2D eigenvalue weighted by atomic mass is 10.2. The summed E-state index contributed by atoms with van der Waals surface area (Å²) in [5.74, 6) is 0.813. The Labute approximate surface area is 119 Å². The van der Waals surface area contributed by atoms with Crippen molar-refractivity contribution in [1.82, 2.24) is 0 Å². The van der Waals surface area contributed by atoms with Gasteiger partial charge in [0.2, 0.25) is 0 Å². The number of aliphatic hydroxyl groups is 4. The van der Waals surface area contributed by atoms with Crippen LogP contribution in [-0.2, 0) is 9.47 Å². The van der Waals surface area contributed by atoms with Crippen molar-refractivity contribution in [2.75, 3.05) is 25.6 Å². The minimum Gasteiger partial charge on any atom is -0.394 e. The number of hydrogen-bond acceptors (Lipinski definition) is 7. The molecule has 0 aromatic carbocycles. The lowest BCUT2D eigenvalue weighted by Crippen LogP contribution is -2.42. The van der Waals surface area contributed by atoms with Crippen molar-refractivity contribution in [3.05, 3.63) is 0 Å². The molecule has 7 heteroatoms. The molecule has 0 radical (unpaired) electrons. The van der Waals surface area contributed by atoms with E-state index in [0.29, 0.717) is 6.61 Å². The highest BCUT2D eigenvalue weighted by atomic mass is 32.1. The van der Waals surface area contributed by atoms with E-state index < -0.39 is 37.8 Å². The topological polar surface area (TPSA) is 99.4 Å². The summed E-state index contributed by atoms with van der Waals surface area (Å²) in [5.41, 5.74) is 0. The van der Waals surface area contributed by atoms with Crippen LogP contribution in [0, 0.1) is 0 Å². The molecule has 0 rings (SSSR count). The first-order chi connectivity index (χ1) is 9.06. The van der Waals surface area contributed by atoms with E-state index in [2.05, 4.69) is 12.6 Å². The Morgan fingerprint density at radius 1 is 1.05 bits per heavy atom. The Balaban J connectivity index is 4.15. The van der Waals surface area contributed by atoms with Gasteiger partial charge in [0.05, 0.1) is 19.3 Å². The van der Waals surface area contributed by atoms with Gasteiger partial charge in [0.25, 0.3) is 0 Å². The summed E-state index contributed by atoms with van der Waals surface area (Å²) in [6.45, 7) is 0.929. The highest BCUT2D eigenvalue weighted by molar-refractivity contribution is 7.80. The Morgan fingerprint density at radius 2 is 1.74 bits per heavy atom. The van der Waals surface area contributed by atoms with Crippen molar-refractivity contribution in [2.45, 2.75) is 50.8 Å². The minimum atomic E-state index is -1.21. The molecule has 0 saturated heterocycles. The fourth-order valence-corrected chi connectivity index (χ4v) is 1.62. The number of hydrogen-bond donors (Lipinski definition) is 5. The van der Waals surface area contributed by atoms with Gasteiger partial charge in [0.1, 0.15) is 12.2 Å². The highest BCUT2D eigenvalue weighted by Gasteiger charge is 2.26. The van der Waals surface area contributed by atoms with Crippen LogP contribution in [0.1, 0.15) is 26.2 Å². The van der Waals surface area contributed by atoms with Crippen molar-refractivity contribution in [1.29, 1.82) is 0 Å². The second-order valence-corrected chi connectivity index (χ2v) is 4.82. The number of aliphatic hydroxyl groups excluding tert-OH is 4. The summed E-state index contributed by atoms with van der Waals surface area (Å²) >= 11 is 4.10. The van der Waals surface area contributed by atoms with Crippen molar-refractivity contribution in [2.24, 2.45) is 0 Å². The molecular formula is C12H26O6S. The SMILES string of the molecule is C[C@@H](O)C(CO)OC(OCCCCCS)[C@@H](O)CO. The third-order valence-electron chi connectivity index (χ3n) is 2.61. The zero-order chi connectivity index (χ0) is 14.7. The van der Waals surface area contributed by atoms with E-state index in [1.165, 1.54) is 6.92 Å². The van der Waals surface area contributed by atoms with Crippen LogP contribution < -0.4 is 0 Å². The van der Waals surface area contributed by atoms with Crippen LogP contribution in [0.2, 0.25) is 0 Å². The van der Waals surface area contributed by atoms with Crippen molar-refractivity contribution < 1.29 is 29.9 Å². The van der Waals surface area contributed by atoms with E-state index in [1.54, 1.807) is 0 Å². The van der Waals surface area contributed by atoms with Gasteiger partial charge >= 0.3 is 0 Å². The Bertz CT molecular complexity index is 205. The molecule has 0 bridgehead atoms. The Kier molecular flexibility index (Phi) is 12.0. The van der Waals surface area contributed by atoms with Gasteiger partial charge in [-0.15, -0.1) is 0 Å². The lowest BCUT2D eigenvalue weighted by molar-refractivity contribution is -0.240. The fourth-order valence-electron chi connectivity index (χ4n) is 1.40. The standard InChI is InChI=1S/C12H26O6S/c1-9(15)11(8-14)18-12(10(16)7-13)17-5-3-2-4-6-19/h9-16,19H,2-8H2,1H3/t9-,10+,11?,12?/m1/s1. The second-order valence-electron chi connectivity index (χ2n) is 4.37. The third kappa shape index (κ3) is 8.80. The molecule has 0 spiro atoms. The molecule has 4 N–H and O–H groups in total. The van der Waals surface area contributed by atoms with Crippen LogP contribution in [0.5, 0.6) is 0 Å². The monoisotopic (exact) mass is 298 g/mol. The molecule has 19 heavy (non-hydrogen) atoms. The normalized spacial score (nSPS) is 18.0. The molecule has 0 aliphatic carbocycles. The van der Waals surface area contributed by atoms with Crippen LogP contribution in [0.3, 0.4) is 0 Å². The summed E-state index contributed by atoms with van der Waals surface area (Å²) in [4.78, 5) is 0. The number of rotatable bonds is 12. The van der Waals surface area contributed by atoms with Gasteiger partial charge < -0.3 is 29.9 Å². The Hall–Kier alpha value is 0.110. The maximum atomic E-state index is 9.57. The fraction of sp³-hybridized carbons (Fsp3) is 1.00. The van der Waals surface area contributed by atoms with Crippen molar-refractivity contribution >= 4 is 12.6 Å². The van der Waals surface area contributed by atoms with Gasteiger partial charge in [-0.25, -0.2) is 0 Å². The van der Waals surface area contributed by atoms with Gasteiger partial charge in [-0.2, -0.15) is 12.6 Å². The summed E-state index contributed by atoms with van der Waals surface area (Å²) in [6.07, 6.45) is -1.31. The smallest absolute Gasteiger partial charge is 0.186 e. The molecule has 0 aromatic heterocycles. The van der Waals surface area contributed by atoms with Gasteiger partial charge in [0.15, 0.2) is 6.29 Å². The molecule has 116 valence electrons. The van der Waals surface area contributed by atoms with Gasteiger partial charge in [-0.3, -0.25) is 0 Å². The second kappa shape index (κ2) is 11.9. The Morgan fingerprint density at radius 3 is 2.21 bits per heavy atom. The first kappa shape index (κ1) is 19.1. The molecule has 0 aromatic rings. The summed E-state index contributed by atoms with van der Waals surface area (Å²) in [5, 5.41) is 36.9. The zero-order valence-electron chi connectivity index (χ0n) is 11.3. The predicted molar refractivity (Wildman–Crippen MR) is 74.2 cm³/mol. The van der Waals surface area contributed by atoms with Gasteiger partial charge in [0, 0.05) is 6.61 Å². The maximum Gasteiger partial charge on any atom is 0.186 e. The van der Waals surface area contributed by atoms with Crippen LogP contribution in [-0.4, -0.2) is 70.6 Å². The molecule has 0 aliphatic heterocycles. The average molecular weight is 298 g/mol. The zero-order valence-corrected chi connectivity index (χ0v) is 12.2. The van der Waals surface area contributed by atoms with Crippen molar-refractivity contribution in [3.8, 4) is 0 Å². The largest absolute Gasteiger partial charge is 0.394 e. The third-order valence-corrected chi connectivity index (χ3v) is 2.93. The summed E-state index contributed by atoms with van der Waals surface area (Å²) in [7, 11) is 0. The molecular weight excluding hydrogens is 272 g/mol. The van der Waals surface area contributed by atoms with Gasteiger partial charge in [-0.1, -0.05) is 6.42 Å². The van der Waals surface area contributed by atoms with Crippen LogP contribution in [0.15, 0.2) is 0 Å². The predicted octanol–water partition coefficient (Wildman–Crippen LogP) is -0.459.